The second kappa shape index (κ2) is 13.6. The summed E-state index contributed by atoms with van der Waals surface area (Å²) in [6.45, 7) is 15.1. The Kier molecular flexibility index (Phi) is 10.6. The molecule has 0 aromatic rings. The summed E-state index contributed by atoms with van der Waals surface area (Å²) >= 11 is 6.92. The fourth-order valence-corrected chi connectivity index (χ4v) is 8.21. The molecule has 4 fully saturated rings. The van der Waals surface area contributed by atoms with Gasteiger partial charge in [0, 0.05) is 52.9 Å². The third-order valence-corrected chi connectivity index (χ3v) is 10.6. The van der Waals surface area contributed by atoms with Crippen molar-refractivity contribution in [1.82, 2.24) is 0 Å². The van der Waals surface area contributed by atoms with E-state index in [-0.39, 0.29) is 37.4 Å². The second-order valence-corrected chi connectivity index (χ2v) is 14.4. The topological polar surface area (TPSA) is 191 Å². The van der Waals surface area contributed by atoms with E-state index in [9.17, 15) is 33.9 Å². The van der Waals surface area contributed by atoms with E-state index in [0.717, 1.165) is 20.8 Å². The van der Waals surface area contributed by atoms with Crippen LogP contribution in [-0.4, -0.2) is 101 Å². The maximum atomic E-state index is 13.4. The summed E-state index contributed by atoms with van der Waals surface area (Å²) in [7, 11) is 0. The first-order valence-electron chi connectivity index (χ1n) is 16.0. The number of hydrogen-bond acceptors (Lipinski definition) is 14. The molecule has 0 amide bonds. The third-order valence-electron chi connectivity index (χ3n) is 10.1. The molecule has 0 radical (unpaired) electrons. The number of carbonyl (C=O) groups is 6. The number of carbonyl (C=O) groups excluding carboxylic acids is 6. The highest BCUT2D eigenvalue weighted by Gasteiger charge is 2.79. The van der Waals surface area contributed by atoms with Crippen LogP contribution in [0.25, 0.3) is 0 Å². The van der Waals surface area contributed by atoms with Crippen molar-refractivity contribution in [3.8, 4) is 0 Å². The Bertz CT molecular complexity index is 1360. The zero-order valence-electron chi connectivity index (χ0n) is 28.4. The lowest BCUT2D eigenvalue weighted by atomic mass is 9.51. The van der Waals surface area contributed by atoms with Gasteiger partial charge >= 0.3 is 35.8 Å². The monoisotopic (exact) mass is 700 g/mol. The van der Waals surface area contributed by atoms with Gasteiger partial charge in [0.25, 0.3) is 0 Å². The zero-order chi connectivity index (χ0) is 36.1. The average Bonchev–Trinajstić information content (AvgIpc) is 3.70. The SMILES string of the molecule is C=C1C(OC(C)=O)CC(OC(C)=O)C2(C)C(OC(=O)CC(C)C)CC(OC(C)=O)C3(CO3)C2C(OC(C)=O)C2(O)C(C)C(=O)OC2C1Cl. The van der Waals surface area contributed by atoms with Gasteiger partial charge in [-0.15, -0.1) is 11.6 Å². The van der Waals surface area contributed by atoms with E-state index in [2.05, 4.69) is 6.58 Å². The van der Waals surface area contributed by atoms with E-state index >= 15 is 0 Å². The van der Waals surface area contributed by atoms with Crippen LogP contribution in [0.15, 0.2) is 12.2 Å². The standard InChI is InChI=1S/C33H45ClO14/c1-14(2)10-25(39)47-23-12-24(45-19(7)37)32(13-42-32)27-29(46-20(8)38)33(41)16(4)30(40)48-28(33)26(34)15(3)21(43-17(5)35)11-22(31(23,27)9)44-18(6)36/h14,16,21-24,26-29,41H,3,10-13H2,1-2,4-9H3. The highest BCUT2D eigenvalue weighted by molar-refractivity contribution is 6.23. The smallest absolute Gasteiger partial charge is 0.312 e. The summed E-state index contributed by atoms with van der Waals surface area (Å²) in [5, 5.41) is 11.4. The molecule has 0 aromatic heterocycles. The molecule has 15 heteroatoms. The summed E-state index contributed by atoms with van der Waals surface area (Å²) < 4.78 is 41.3. The molecule has 4 rings (SSSR count). The predicted molar refractivity (Wildman–Crippen MR) is 164 cm³/mol. The lowest BCUT2D eigenvalue weighted by Crippen LogP contribution is -2.73. The van der Waals surface area contributed by atoms with Gasteiger partial charge in [0.05, 0.1) is 23.3 Å². The Morgan fingerprint density at radius 1 is 0.917 bits per heavy atom. The molecule has 1 N–H and O–H groups in total. The van der Waals surface area contributed by atoms with Gasteiger partial charge < -0.3 is 38.3 Å². The van der Waals surface area contributed by atoms with Crippen molar-refractivity contribution < 1.29 is 67.0 Å². The van der Waals surface area contributed by atoms with Crippen LogP contribution in [0.4, 0.5) is 0 Å². The van der Waals surface area contributed by atoms with E-state index in [1.165, 1.54) is 13.8 Å². The number of alkyl halides is 1. The van der Waals surface area contributed by atoms with Gasteiger partial charge in [-0.2, -0.15) is 0 Å². The first-order valence-corrected chi connectivity index (χ1v) is 16.4. The van der Waals surface area contributed by atoms with E-state index < -0.39 is 106 Å². The van der Waals surface area contributed by atoms with E-state index in [0.29, 0.717) is 0 Å². The van der Waals surface area contributed by atoms with Crippen LogP contribution in [0.1, 0.15) is 74.7 Å². The first-order chi connectivity index (χ1) is 22.2. The minimum absolute atomic E-state index is 0.00249. The van der Waals surface area contributed by atoms with Gasteiger partial charge in [-0.3, -0.25) is 28.8 Å². The maximum Gasteiger partial charge on any atom is 0.312 e. The van der Waals surface area contributed by atoms with Crippen molar-refractivity contribution in [3.63, 3.8) is 0 Å². The minimum Gasteiger partial charge on any atom is -0.462 e. The third kappa shape index (κ3) is 6.67. The summed E-state index contributed by atoms with van der Waals surface area (Å²) in [6.07, 6.45) is -8.75. The molecule has 0 bridgehead atoms. The van der Waals surface area contributed by atoms with Crippen LogP contribution >= 0.6 is 11.6 Å². The number of rotatable bonds is 7. The van der Waals surface area contributed by atoms with Crippen LogP contribution in [0, 0.1) is 23.2 Å². The number of esters is 6. The number of epoxide rings is 1. The fourth-order valence-electron chi connectivity index (χ4n) is 7.82. The molecule has 4 aliphatic rings. The zero-order valence-corrected chi connectivity index (χ0v) is 29.2. The Morgan fingerprint density at radius 2 is 1.44 bits per heavy atom. The predicted octanol–water partition coefficient (Wildman–Crippen LogP) is 2.33. The molecule has 2 aliphatic carbocycles. The molecule has 12 unspecified atom stereocenters. The van der Waals surface area contributed by atoms with Crippen molar-refractivity contribution in [2.75, 3.05) is 6.61 Å². The molecule has 2 saturated carbocycles. The van der Waals surface area contributed by atoms with Gasteiger partial charge in [0.2, 0.25) is 0 Å². The second-order valence-electron chi connectivity index (χ2n) is 13.9. The molecule has 0 aromatic carbocycles. The summed E-state index contributed by atoms with van der Waals surface area (Å²) in [4.78, 5) is 77.3. The number of hydrogen-bond donors (Lipinski definition) is 1. The summed E-state index contributed by atoms with van der Waals surface area (Å²) in [5.41, 5.74) is -5.60. The normalized spacial score (nSPS) is 40.5. The Balaban J connectivity index is 2.11. The van der Waals surface area contributed by atoms with Crippen molar-refractivity contribution in [3.05, 3.63) is 12.2 Å². The van der Waals surface area contributed by atoms with Crippen LogP contribution in [0.3, 0.4) is 0 Å². The molecule has 1 spiro atoms. The first kappa shape index (κ1) is 37.6. The lowest BCUT2D eigenvalue weighted by molar-refractivity contribution is -0.262. The van der Waals surface area contributed by atoms with Gasteiger partial charge in [0.1, 0.15) is 36.1 Å². The summed E-state index contributed by atoms with van der Waals surface area (Å²) in [5.74, 6) is -7.39. The number of aliphatic hydroxyl groups is 1. The van der Waals surface area contributed by atoms with Crippen LogP contribution < -0.4 is 0 Å². The molecule has 14 nitrogen and oxygen atoms in total. The highest BCUT2D eigenvalue weighted by atomic mass is 35.5. The van der Waals surface area contributed by atoms with E-state index in [1.54, 1.807) is 6.92 Å². The molecule has 2 saturated heterocycles. The molecule has 2 aliphatic heterocycles. The lowest BCUT2D eigenvalue weighted by Gasteiger charge is -2.58. The number of halogens is 1. The Labute approximate surface area is 284 Å². The van der Waals surface area contributed by atoms with Crippen molar-refractivity contribution >= 4 is 47.4 Å². The summed E-state index contributed by atoms with van der Waals surface area (Å²) in [6, 6.07) is 0. The van der Waals surface area contributed by atoms with Crippen LogP contribution in [0.2, 0.25) is 0 Å². The molecular weight excluding hydrogens is 656 g/mol. The van der Waals surface area contributed by atoms with E-state index in [4.69, 9.17) is 44.8 Å². The van der Waals surface area contributed by atoms with Crippen LogP contribution in [0.5, 0.6) is 0 Å². The van der Waals surface area contributed by atoms with Crippen molar-refractivity contribution in [2.24, 2.45) is 23.2 Å². The number of fused-ring (bicyclic) bond motifs is 3. The van der Waals surface area contributed by atoms with Gasteiger partial charge in [-0.1, -0.05) is 27.4 Å². The van der Waals surface area contributed by atoms with Gasteiger partial charge in [-0.05, 0) is 18.4 Å². The van der Waals surface area contributed by atoms with Crippen LogP contribution in [-0.2, 0) is 61.9 Å². The molecule has 48 heavy (non-hydrogen) atoms. The maximum absolute atomic E-state index is 13.4. The molecule has 12 atom stereocenters. The van der Waals surface area contributed by atoms with E-state index in [1.807, 2.05) is 13.8 Å². The van der Waals surface area contributed by atoms with Gasteiger partial charge in [0.15, 0.2) is 11.7 Å². The highest BCUT2D eigenvalue weighted by Crippen LogP contribution is 2.63. The molecule has 268 valence electrons. The molecule has 2 heterocycles. The van der Waals surface area contributed by atoms with Crippen molar-refractivity contribution in [1.29, 1.82) is 0 Å². The van der Waals surface area contributed by atoms with Crippen molar-refractivity contribution in [2.45, 2.75) is 128 Å². The van der Waals surface area contributed by atoms with Gasteiger partial charge in [-0.25, -0.2) is 0 Å². The average molecular weight is 701 g/mol. The quantitative estimate of drug-likeness (QED) is 0.134. The molecular formula is C33H45ClO14. The minimum atomic E-state index is -2.42. The Hall–Kier alpha value is -3.23. The Morgan fingerprint density at radius 3 is 1.94 bits per heavy atom. The number of ether oxygens (including phenoxy) is 7. The fraction of sp³-hybridized carbons (Fsp3) is 0.758. The largest absolute Gasteiger partial charge is 0.462 e.